The molecular weight excluding hydrogens is 271 g/mol. The maximum absolute atomic E-state index is 12.5. The molecule has 2 atom stereocenters. The lowest BCUT2D eigenvalue weighted by Crippen LogP contribution is -2.51. The molecule has 1 aliphatic heterocycles. The fraction of sp³-hybridized carbons (Fsp3) is 0.571. The first-order valence-corrected chi connectivity index (χ1v) is 6.59. The summed E-state index contributed by atoms with van der Waals surface area (Å²) in [5.74, 6) is 0. The molecule has 2 rings (SSSR count). The van der Waals surface area contributed by atoms with E-state index in [1.165, 1.54) is 0 Å². The number of nitrogens with one attached hydrogen (secondary N) is 1. The molecule has 1 heterocycles. The molecule has 0 bridgehead atoms. The Labute approximate surface area is 115 Å². The fourth-order valence-corrected chi connectivity index (χ4v) is 2.42. The molecule has 1 saturated heterocycles. The Hall–Kier alpha value is -1.11. The smallest absolute Gasteiger partial charge is 0.382 e. The van der Waals surface area contributed by atoms with E-state index in [4.69, 9.17) is 4.74 Å². The van der Waals surface area contributed by atoms with Crippen LogP contribution in [0, 0.1) is 0 Å². The van der Waals surface area contributed by atoms with Gasteiger partial charge in [0.25, 0.3) is 0 Å². The fourth-order valence-electron chi connectivity index (χ4n) is 2.42. The van der Waals surface area contributed by atoms with Gasteiger partial charge in [0.1, 0.15) is 11.7 Å². The van der Waals surface area contributed by atoms with Crippen LogP contribution < -0.4 is 5.32 Å². The maximum atomic E-state index is 12.5. The summed E-state index contributed by atoms with van der Waals surface area (Å²) in [6.07, 6.45) is -6.43. The van der Waals surface area contributed by atoms with Crippen molar-refractivity contribution in [3.8, 4) is 0 Å². The van der Waals surface area contributed by atoms with Gasteiger partial charge in [0.15, 0.2) is 0 Å². The van der Waals surface area contributed by atoms with Crippen LogP contribution in [0.1, 0.15) is 18.4 Å². The van der Waals surface area contributed by atoms with Crippen molar-refractivity contribution < 1.29 is 23.0 Å². The molecule has 0 radical (unpaired) electrons. The minimum atomic E-state index is -4.30. The summed E-state index contributed by atoms with van der Waals surface area (Å²) in [4.78, 5) is 0. The number of aliphatic hydroxyl groups is 1. The molecule has 0 spiro atoms. The van der Waals surface area contributed by atoms with Gasteiger partial charge in [-0.25, -0.2) is 0 Å². The summed E-state index contributed by atoms with van der Waals surface area (Å²) in [5.41, 5.74) is -1.18. The summed E-state index contributed by atoms with van der Waals surface area (Å²) in [7, 11) is 0. The zero-order valence-corrected chi connectivity index (χ0v) is 11.0. The van der Waals surface area contributed by atoms with Crippen molar-refractivity contribution in [1.82, 2.24) is 5.32 Å². The van der Waals surface area contributed by atoms with E-state index < -0.39 is 30.7 Å². The van der Waals surface area contributed by atoms with Crippen LogP contribution in [0.15, 0.2) is 30.3 Å². The first-order valence-electron chi connectivity index (χ1n) is 6.59. The summed E-state index contributed by atoms with van der Waals surface area (Å²) >= 11 is 0. The van der Waals surface area contributed by atoms with Crippen LogP contribution in [0.5, 0.6) is 0 Å². The summed E-state index contributed by atoms with van der Waals surface area (Å²) in [5, 5.41) is 13.8. The van der Waals surface area contributed by atoms with Gasteiger partial charge in [0, 0.05) is 19.5 Å². The van der Waals surface area contributed by atoms with Gasteiger partial charge < -0.3 is 15.2 Å². The van der Waals surface area contributed by atoms with E-state index in [-0.39, 0.29) is 0 Å². The minimum Gasteiger partial charge on any atom is -0.382 e. The van der Waals surface area contributed by atoms with Gasteiger partial charge in [-0.15, -0.1) is 0 Å². The van der Waals surface area contributed by atoms with E-state index in [1.54, 1.807) is 30.3 Å². The third-order valence-electron chi connectivity index (χ3n) is 3.52. The van der Waals surface area contributed by atoms with Gasteiger partial charge >= 0.3 is 6.18 Å². The third kappa shape index (κ3) is 3.71. The predicted molar refractivity (Wildman–Crippen MR) is 68.2 cm³/mol. The number of halogens is 3. The summed E-state index contributed by atoms with van der Waals surface area (Å²) < 4.78 is 43.0. The number of benzene rings is 1. The van der Waals surface area contributed by atoms with Crippen molar-refractivity contribution in [1.29, 1.82) is 0 Å². The molecule has 0 amide bonds. The molecule has 3 nitrogen and oxygen atoms in total. The van der Waals surface area contributed by atoms with E-state index in [9.17, 15) is 18.3 Å². The lowest BCUT2D eigenvalue weighted by Gasteiger charge is -2.39. The van der Waals surface area contributed by atoms with Gasteiger partial charge in [-0.2, -0.15) is 13.2 Å². The molecule has 0 aliphatic carbocycles. The van der Waals surface area contributed by atoms with Gasteiger partial charge in [0.05, 0.1) is 6.61 Å². The average Bonchev–Trinajstić information content (AvgIpc) is 2.46. The van der Waals surface area contributed by atoms with Crippen molar-refractivity contribution in [2.45, 2.75) is 30.7 Å². The highest BCUT2D eigenvalue weighted by atomic mass is 19.4. The summed E-state index contributed by atoms with van der Waals surface area (Å²) in [6.45, 7) is 1.36. The van der Waals surface area contributed by atoms with Crippen molar-refractivity contribution in [3.63, 3.8) is 0 Å². The Bertz CT molecular complexity index is 418. The van der Waals surface area contributed by atoms with Gasteiger partial charge in [-0.05, 0) is 12.0 Å². The largest absolute Gasteiger partial charge is 0.389 e. The Morgan fingerprint density at radius 2 is 1.90 bits per heavy atom. The molecule has 0 saturated carbocycles. The van der Waals surface area contributed by atoms with Crippen LogP contribution >= 0.6 is 0 Å². The Balaban J connectivity index is 2.22. The number of hydrogen-bond acceptors (Lipinski definition) is 3. The lowest BCUT2D eigenvalue weighted by atomic mass is 9.83. The van der Waals surface area contributed by atoms with Crippen molar-refractivity contribution in [3.05, 3.63) is 35.9 Å². The Morgan fingerprint density at radius 1 is 1.20 bits per heavy atom. The zero-order valence-electron chi connectivity index (χ0n) is 11.0. The molecular formula is C14H18F3NO2. The molecule has 1 aromatic carbocycles. The minimum absolute atomic E-state index is 0.337. The van der Waals surface area contributed by atoms with Crippen LogP contribution in [0.4, 0.5) is 13.2 Å². The number of hydrogen-bond donors (Lipinski definition) is 2. The Kier molecular flexibility index (Phi) is 4.67. The predicted octanol–water partition coefficient (Wildman–Crippen LogP) is 2.21. The van der Waals surface area contributed by atoms with Crippen LogP contribution in [-0.4, -0.2) is 37.1 Å². The van der Waals surface area contributed by atoms with E-state index in [0.717, 1.165) is 0 Å². The second-order valence-electron chi connectivity index (χ2n) is 4.97. The highest BCUT2D eigenvalue weighted by molar-refractivity contribution is 5.24. The average molecular weight is 289 g/mol. The number of morpholine rings is 1. The number of rotatable bonds is 4. The van der Waals surface area contributed by atoms with Crippen molar-refractivity contribution >= 4 is 0 Å². The highest BCUT2D eigenvalue weighted by Gasteiger charge is 2.43. The van der Waals surface area contributed by atoms with E-state index in [2.05, 4.69) is 5.32 Å². The Morgan fingerprint density at radius 3 is 2.45 bits per heavy atom. The quantitative estimate of drug-likeness (QED) is 0.893. The van der Waals surface area contributed by atoms with Gasteiger partial charge in [-0.1, -0.05) is 30.3 Å². The maximum Gasteiger partial charge on any atom is 0.389 e. The van der Waals surface area contributed by atoms with Crippen LogP contribution in [-0.2, 0) is 10.3 Å². The molecule has 6 heteroatoms. The molecule has 1 fully saturated rings. The normalized spacial score (nSPS) is 23.3. The number of ether oxygens (including phenoxy) is 1. The molecule has 112 valence electrons. The molecule has 1 aromatic rings. The second-order valence-corrected chi connectivity index (χ2v) is 4.97. The third-order valence-corrected chi connectivity index (χ3v) is 3.52. The van der Waals surface area contributed by atoms with E-state index in [0.29, 0.717) is 25.3 Å². The first kappa shape index (κ1) is 15.3. The molecule has 2 N–H and O–H groups in total. The van der Waals surface area contributed by atoms with Gasteiger partial charge in [0.2, 0.25) is 0 Å². The standard InChI is InChI=1S/C14H18F3NO2/c15-14(16,17)7-6-13(19,11-4-2-1-3-5-11)12-10-18-8-9-20-12/h1-5,12,18-19H,6-10H2/t12-,13+/m0/s1. The topological polar surface area (TPSA) is 41.5 Å². The lowest BCUT2D eigenvalue weighted by molar-refractivity contribution is -0.171. The van der Waals surface area contributed by atoms with Crippen molar-refractivity contribution in [2.75, 3.05) is 19.7 Å². The van der Waals surface area contributed by atoms with Crippen LogP contribution in [0.3, 0.4) is 0 Å². The molecule has 0 unspecified atom stereocenters. The number of alkyl halides is 3. The van der Waals surface area contributed by atoms with Crippen LogP contribution in [0.25, 0.3) is 0 Å². The van der Waals surface area contributed by atoms with Crippen LogP contribution in [0.2, 0.25) is 0 Å². The monoisotopic (exact) mass is 289 g/mol. The van der Waals surface area contributed by atoms with Crippen molar-refractivity contribution in [2.24, 2.45) is 0 Å². The highest BCUT2D eigenvalue weighted by Crippen LogP contribution is 2.36. The second kappa shape index (κ2) is 6.11. The van der Waals surface area contributed by atoms with E-state index >= 15 is 0 Å². The summed E-state index contributed by atoms with van der Waals surface area (Å²) in [6, 6.07) is 8.42. The van der Waals surface area contributed by atoms with E-state index in [1.807, 2.05) is 0 Å². The van der Waals surface area contributed by atoms with Gasteiger partial charge in [-0.3, -0.25) is 0 Å². The zero-order chi connectivity index (χ0) is 14.6. The SMILES string of the molecule is O[C@](CCC(F)(F)F)(c1ccccc1)[C@@H]1CNCCO1. The molecule has 20 heavy (non-hydrogen) atoms. The molecule has 0 aromatic heterocycles. The first-order chi connectivity index (χ1) is 9.42. The molecule has 1 aliphatic rings.